The summed E-state index contributed by atoms with van der Waals surface area (Å²) in [6.07, 6.45) is 1.11. The number of carbonyl (C=O) groups is 1. The first kappa shape index (κ1) is 17.0. The number of hydrogen-bond donors (Lipinski definition) is 0. The van der Waals surface area contributed by atoms with Crippen molar-refractivity contribution >= 4 is 39.2 Å². The van der Waals surface area contributed by atoms with Crippen molar-refractivity contribution in [1.29, 1.82) is 0 Å². The molecule has 0 saturated heterocycles. The Morgan fingerprint density at radius 1 is 1.20 bits per heavy atom. The quantitative estimate of drug-likeness (QED) is 0.674. The van der Waals surface area contributed by atoms with Crippen LogP contribution in [-0.4, -0.2) is 17.6 Å². The van der Waals surface area contributed by atoms with Crippen molar-refractivity contribution in [3.63, 3.8) is 0 Å². The van der Waals surface area contributed by atoms with Crippen LogP contribution in [-0.2, 0) is 4.79 Å². The van der Waals surface area contributed by atoms with Crippen molar-refractivity contribution in [2.45, 2.75) is 13.0 Å². The molecular weight excluding hydrogens is 348 g/mol. The zero-order chi connectivity index (χ0) is 17.8. The first-order valence-corrected chi connectivity index (χ1v) is 8.15. The fourth-order valence-electron chi connectivity index (χ4n) is 2.34. The van der Waals surface area contributed by atoms with Crippen LogP contribution in [0.5, 0.6) is 5.75 Å². The number of thiazole rings is 1. The van der Waals surface area contributed by atoms with Crippen LogP contribution in [0.2, 0.25) is 0 Å². The Labute approximate surface area is 146 Å². The molecule has 0 saturated carbocycles. The number of alkyl halides is 2. The normalized spacial score (nSPS) is 11.9. The molecule has 0 bridgehead atoms. The minimum absolute atomic E-state index is 0.0329. The molecule has 4 nitrogen and oxygen atoms in total. The summed E-state index contributed by atoms with van der Waals surface area (Å²) in [6.45, 7) is -2.97. The Morgan fingerprint density at radius 3 is 2.64 bits per heavy atom. The molecular formula is C18H12F2NO3S-. The maximum absolute atomic E-state index is 12.6. The first-order chi connectivity index (χ1) is 12.0. The lowest BCUT2D eigenvalue weighted by atomic mass is 10.1. The van der Waals surface area contributed by atoms with E-state index in [0.717, 1.165) is 10.2 Å². The summed E-state index contributed by atoms with van der Waals surface area (Å²) in [6, 6.07) is 13.6. The summed E-state index contributed by atoms with van der Waals surface area (Å²) in [5, 5.41) is 11.6. The fourth-order valence-corrected chi connectivity index (χ4v) is 3.32. The summed E-state index contributed by atoms with van der Waals surface area (Å²) in [5.41, 5.74) is 1.45. The number of carboxylic acid groups (broad SMARTS) is 1. The van der Waals surface area contributed by atoms with Gasteiger partial charge in [0.15, 0.2) is 0 Å². The number of carboxylic acids is 1. The van der Waals surface area contributed by atoms with Gasteiger partial charge in [-0.3, -0.25) is 0 Å². The number of halogens is 2. The van der Waals surface area contributed by atoms with E-state index in [0.29, 0.717) is 16.1 Å². The second-order valence-electron chi connectivity index (χ2n) is 5.12. The van der Waals surface area contributed by atoms with Gasteiger partial charge in [-0.05, 0) is 29.8 Å². The van der Waals surface area contributed by atoms with Crippen LogP contribution in [0.1, 0.15) is 17.0 Å². The van der Waals surface area contributed by atoms with Crippen molar-refractivity contribution in [3.05, 3.63) is 59.1 Å². The van der Waals surface area contributed by atoms with E-state index >= 15 is 0 Å². The molecule has 0 aliphatic rings. The molecule has 0 spiro atoms. The van der Waals surface area contributed by atoms with E-state index in [1.807, 2.05) is 24.3 Å². The Bertz CT molecular complexity index is 904. The lowest BCUT2D eigenvalue weighted by Gasteiger charge is -2.10. The number of ether oxygens (including phenoxy) is 1. The molecule has 0 aliphatic carbocycles. The molecule has 25 heavy (non-hydrogen) atoms. The van der Waals surface area contributed by atoms with Gasteiger partial charge in [0.05, 0.1) is 10.2 Å². The summed E-state index contributed by atoms with van der Waals surface area (Å²) in [4.78, 5) is 15.5. The number of hydrogen-bond acceptors (Lipinski definition) is 5. The number of aromatic nitrogens is 1. The highest BCUT2D eigenvalue weighted by atomic mass is 32.1. The topological polar surface area (TPSA) is 62.2 Å². The summed E-state index contributed by atoms with van der Waals surface area (Å²) in [5.74, 6) is -1.31. The highest BCUT2D eigenvalue weighted by molar-refractivity contribution is 7.19. The number of fused-ring (bicyclic) bond motifs is 1. The maximum Gasteiger partial charge on any atom is 0.387 e. The van der Waals surface area contributed by atoms with Gasteiger partial charge in [-0.25, -0.2) is 4.98 Å². The molecule has 0 atom stereocenters. The molecule has 3 rings (SSSR count). The van der Waals surface area contributed by atoms with Crippen molar-refractivity contribution in [2.75, 3.05) is 0 Å². The number of rotatable bonds is 6. The van der Waals surface area contributed by atoms with Gasteiger partial charge in [0.25, 0.3) is 0 Å². The number of carbonyl (C=O) groups excluding carboxylic acids is 1. The molecule has 2 aromatic carbocycles. The van der Waals surface area contributed by atoms with Gasteiger partial charge in [-0.1, -0.05) is 30.3 Å². The highest BCUT2D eigenvalue weighted by Crippen LogP contribution is 2.32. The second-order valence-corrected chi connectivity index (χ2v) is 6.15. The summed E-state index contributed by atoms with van der Waals surface area (Å²) >= 11 is 1.33. The third kappa shape index (κ3) is 4.19. The van der Waals surface area contributed by atoms with Gasteiger partial charge in [-0.15, -0.1) is 11.3 Å². The van der Waals surface area contributed by atoms with E-state index in [1.54, 1.807) is 18.2 Å². The van der Waals surface area contributed by atoms with Gasteiger partial charge in [-0.2, -0.15) is 8.78 Å². The largest absolute Gasteiger partial charge is 0.550 e. The highest BCUT2D eigenvalue weighted by Gasteiger charge is 2.12. The van der Waals surface area contributed by atoms with Gasteiger partial charge in [0.1, 0.15) is 10.8 Å². The summed E-state index contributed by atoms with van der Waals surface area (Å²) < 4.78 is 30.5. The van der Waals surface area contributed by atoms with Crippen LogP contribution in [0.15, 0.2) is 48.5 Å². The van der Waals surface area contributed by atoms with E-state index in [4.69, 9.17) is 0 Å². The summed E-state index contributed by atoms with van der Waals surface area (Å²) in [7, 11) is 0. The average molecular weight is 360 g/mol. The Balaban J connectivity index is 2.07. The standard InChI is InChI=1S/C18H13F2NO3S/c19-18(20)24-14-7-3-1-5-11(14)9-12(10-16(22)23)17-21-13-6-2-4-8-15(13)25-17/h1-9,18H,10H2,(H,22,23)/p-1/b12-9+. The van der Waals surface area contributed by atoms with Gasteiger partial charge >= 0.3 is 6.61 Å². The van der Waals surface area contributed by atoms with E-state index in [-0.39, 0.29) is 12.2 Å². The molecule has 128 valence electrons. The molecule has 0 aliphatic heterocycles. The van der Waals surface area contributed by atoms with Crippen LogP contribution >= 0.6 is 11.3 Å². The zero-order valence-electron chi connectivity index (χ0n) is 12.8. The third-order valence-electron chi connectivity index (χ3n) is 3.37. The zero-order valence-corrected chi connectivity index (χ0v) is 13.6. The Hall–Kier alpha value is -2.80. The van der Waals surface area contributed by atoms with E-state index in [2.05, 4.69) is 9.72 Å². The molecule has 3 aromatic rings. The molecule has 0 fully saturated rings. The van der Waals surface area contributed by atoms with Gasteiger partial charge in [0, 0.05) is 18.0 Å². The predicted molar refractivity (Wildman–Crippen MR) is 90.2 cm³/mol. The molecule has 0 amide bonds. The van der Waals surface area contributed by atoms with Crippen molar-refractivity contribution in [1.82, 2.24) is 4.98 Å². The Morgan fingerprint density at radius 2 is 1.92 bits per heavy atom. The third-order valence-corrected chi connectivity index (χ3v) is 4.48. The number of benzene rings is 2. The van der Waals surface area contributed by atoms with E-state index in [9.17, 15) is 18.7 Å². The molecule has 0 N–H and O–H groups in total. The van der Waals surface area contributed by atoms with Crippen LogP contribution in [0.4, 0.5) is 8.78 Å². The SMILES string of the molecule is O=C([O-])C/C(=C\c1ccccc1OC(F)F)c1nc2ccccc2s1. The average Bonchev–Trinajstić information content (AvgIpc) is 2.99. The first-order valence-electron chi connectivity index (χ1n) is 7.33. The minimum Gasteiger partial charge on any atom is -0.550 e. The Kier molecular flexibility index (Phi) is 5.04. The van der Waals surface area contributed by atoms with Crippen molar-refractivity contribution < 1.29 is 23.4 Å². The van der Waals surface area contributed by atoms with Crippen molar-refractivity contribution in [2.24, 2.45) is 0 Å². The monoisotopic (exact) mass is 360 g/mol. The fraction of sp³-hybridized carbons (Fsp3) is 0.111. The second kappa shape index (κ2) is 7.40. The lowest BCUT2D eigenvalue weighted by Crippen LogP contribution is -2.22. The van der Waals surface area contributed by atoms with E-state index < -0.39 is 12.6 Å². The molecule has 0 unspecified atom stereocenters. The minimum atomic E-state index is -2.97. The van der Waals surface area contributed by atoms with Crippen LogP contribution < -0.4 is 9.84 Å². The lowest BCUT2D eigenvalue weighted by molar-refractivity contribution is -0.304. The molecule has 7 heteroatoms. The smallest absolute Gasteiger partial charge is 0.387 e. The van der Waals surface area contributed by atoms with Crippen LogP contribution in [0.3, 0.4) is 0 Å². The van der Waals surface area contributed by atoms with Crippen molar-refractivity contribution in [3.8, 4) is 5.75 Å². The number of aliphatic carboxylic acids is 1. The molecule has 0 radical (unpaired) electrons. The van der Waals surface area contributed by atoms with E-state index in [1.165, 1.54) is 23.5 Å². The molecule has 1 aromatic heterocycles. The van der Waals surface area contributed by atoms with Gasteiger partial charge < -0.3 is 14.6 Å². The maximum atomic E-state index is 12.6. The van der Waals surface area contributed by atoms with Gasteiger partial charge in [0.2, 0.25) is 0 Å². The van der Waals surface area contributed by atoms with Crippen LogP contribution in [0, 0.1) is 0 Å². The number of nitrogens with zero attached hydrogens (tertiary/aromatic N) is 1. The molecule has 1 heterocycles. The van der Waals surface area contributed by atoms with Crippen LogP contribution in [0.25, 0.3) is 21.9 Å². The predicted octanol–water partition coefficient (Wildman–Crippen LogP) is 3.58. The number of para-hydroxylation sites is 2.